The Morgan fingerprint density at radius 1 is 1.07 bits per heavy atom. The van der Waals surface area contributed by atoms with E-state index in [1.807, 2.05) is 24.5 Å². The van der Waals surface area contributed by atoms with Crippen LogP contribution in [0.2, 0.25) is 0 Å². The van der Waals surface area contributed by atoms with Crippen LogP contribution in [0, 0.1) is 11.8 Å². The molecule has 1 N–H and O–H groups in total. The van der Waals surface area contributed by atoms with Gasteiger partial charge in [-0.15, -0.1) is 0 Å². The summed E-state index contributed by atoms with van der Waals surface area (Å²) in [5, 5.41) is 5.52. The predicted molar refractivity (Wildman–Crippen MR) is 108 cm³/mol. The van der Waals surface area contributed by atoms with E-state index >= 15 is 0 Å². The highest BCUT2D eigenvalue weighted by Crippen LogP contribution is 2.28. The van der Waals surface area contributed by atoms with Gasteiger partial charge >= 0.3 is 0 Å². The lowest BCUT2D eigenvalue weighted by atomic mass is 9.82. The number of aromatic nitrogens is 1. The summed E-state index contributed by atoms with van der Waals surface area (Å²) in [4.78, 5) is 19.2. The van der Waals surface area contributed by atoms with Gasteiger partial charge in [0.2, 0.25) is 5.91 Å². The average Bonchev–Trinajstić information content (AvgIpc) is 3.20. The van der Waals surface area contributed by atoms with Crippen LogP contribution >= 0.6 is 0 Å². The zero-order chi connectivity index (χ0) is 18.5. The molecule has 2 aliphatic rings. The van der Waals surface area contributed by atoms with Crippen molar-refractivity contribution >= 4 is 16.7 Å². The van der Waals surface area contributed by atoms with Gasteiger partial charge < -0.3 is 5.32 Å². The Labute approximate surface area is 161 Å². The molecule has 140 valence electrons. The number of rotatable bonds is 3. The van der Waals surface area contributed by atoms with E-state index in [-0.39, 0.29) is 5.91 Å². The van der Waals surface area contributed by atoms with Crippen molar-refractivity contribution in [2.45, 2.75) is 50.5 Å². The van der Waals surface area contributed by atoms with E-state index in [9.17, 15) is 4.79 Å². The summed E-state index contributed by atoms with van der Waals surface area (Å²) < 4.78 is 0. The Hall–Kier alpha value is -2.38. The fourth-order valence-corrected chi connectivity index (χ4v) is 4.29. The van der Waals surface area contributed by atoms with Crippen molar-refractivity contribution in [1.82, 2.24) is 15.2 Å². The molecule has 2 fully saturated rings. The topological polar surface area (TPSA) is 45.2 Å². The van der Waals surface area contributed by atoms with Gasteiger partial charge in [0.05, 0.1) is 12.1 Å². The van der Waals surface area contributed by atoms with Gasteiger partial charge in [0.15, 0.2) is 0 Å². The largest absolute Gasteiger partial charge is 0.339 e. The van der Waals surface area contributed by atoms with Crippen LogP contribution < -0.4 is 5.32 Å². The lowest BCUT2D eigenvalue weighted by Gasteiger charge is -2.34. The lowest BCUT2D eigenvalue weighted by Crippen LogP contribution is -2.51. The van der Waals surface area contributed by atoms with Crippen molar-refractivity contribution in [3.8, 4) is 11.8 Å². The molecule has 0 bridgehead atoms. The summed E-state index contributed by atoms with van der Waals surface area (Å²) in [5.41, 5.74) is 0.540. The molecule has 1 saturated heterocycles. The van der Waals surface area contributed by atoms with Crippen LogP contribution in [-0.2, 0) is 4.79 Å². The average molecular weight is 361 g/mol. The number of benzene rings is 1. The number of carbonyl (C=O) groups excluding carboxylic acids is 1. The Balaban J connectivity index is 1.57. The number of amides is 1. The monoisotopic (exact) mass is 361 g/mol. The van der Waals surface area contributed by atoms with Gasteiger partial charge in [-0.3, -0.25) is 14.7 Å². The molecule has 0 spiro atoms. The molecule has 27 heavy (non-hydrogen) atoms. The first-order valence-electron chi connectivity index (χ1n) is 10.1. The number of fused-ring (bicyclic) bond motifs is 1. The van der Waals surface area contributed by atoms with Gasteiger partial charge in [0, 0.05) is 23.2 Å². The summed E-state index contributed by atoms with van der Waals surface area (Å²) in [5.74, 6) is 6.93. The van der Waals surface area contributed by atoms with Crippen LogP contribution in [0.3, 0.4) is 0 Å². The number of pyridine rings is 1. The van der Waals surface area contributed by atoms with Crippen LogP contribution in [0.4, 0.5) is 0 Å². The maximum absolute atomic E-state index is 12.7. The second-order valence-corrected chi connectivity index (χ2v) is 7.83. The van der Waals surface area contributed by atoms with Crippen LogP contribution in [0.5, 0.6) is 0 Å². The first-order chi connectivity index (χ1) is 13.2. The van der Waals surface area contributed by atoms with Crippen molar-refractivity contribution in [3.63, 3.8) is 0 Å². The summed E-state index contributed by atoms with van der Waals surface area (Å²) in [6.07, 6.45) is 11.4. The molecule has 2 heterocycles. The van der Waals surface area contributed by atoms with Gasteiger partial charge in [-0.1, -0.05) is 55.4 Å². The van der Waals surface area contributed by atoms with Crippen molar-refractivity contribution in [2.75, 3.05) is 19.6 Å². The van der Waals surface area contributed by atoms with Gasteiger partial charge in [-0.25, -0.2) is 0 Å². The molecule has 1 aromatic carbocycles. The molecule has 0 atom stereocenters. The molecule has 4 rings (SSSR count). The van der Waals surface area contributed by atoms with Crippen LogP contribution in [0.15, 0.2) is 36.7 Å². The quantitative estimate of drug-likeness (QED) is 0.851. The fraction of sp³-hybridized carbons (Fsp3) is 0.478. The highest BCUT2D eigenvalue weighted by Gasteiger charge is 2.32. The third kappa shape index (κ3) is 4.31. The Bertz CT molecular complexity index is 863. The summed E-state index contributed by atoms with van der Waals surface area (Å²) in [6.45, 7) is 2.57. The standard InChI is InChI=1S/C23H27N3O/c27-22(18-26-14-6-7-15-26)25-23(11-4-1-5-12-23)13-10-20-17-24-16-19-8-2-3-9-21(19)20/h2-3,8-9,16-17H,1,4-7,11-12,14-15,18H2,(H,25,27). The molecule has 4 nitrogen and oxygen atoms in total. The zero-order valence-electron chi connectivity index (χ0n) is 15.8. The van der Waals surface area contributed by atoms with E-state index in [0.29, 0.717) is 6.54 Å². The Kier molecular flexibility index (Phi) is 5.40. The maximum atomic E-state index is 12.7. The molecule has 0 radical (unpaired) electrons. The second kappa shape index (κ2) is 8.10. The van der Waals surface area contributed by atoms with E-state index in [2.05, 4.69) is 39.2 Å². The van der Waals surface area contributed by atoms with E-state index in [0.717, 1.165) is 55.1 Å². The summed E-state index contributed by atoms with van der Waals surface area (Å²) in [6, 6.07) is 8.19. The molecule has 1 aliphatic heterocycles. The number of hydrogen-bond donors (Lipinski definition) is 1. The molecule has 4 heteroatoms. The summed E-state index contributed by atoms with van der Waals surface area (Å²) in [7, 11) is 0. The second-order valence-electron chi connectivity index (χ2n) is 7.83. The minimum absolute atomic E-state index is 0.115. The van der Waals surface area contributed by atoms with Crippen molar-refractivity contribution in [3.05, 3.63) is 42.2 Å². The number of carbonyl (C=O) groups is 1. The number of nitrogens with one attached hydrogen (secondary N) is 1. The molecule has 1 amide bonds. The Morgan fingerprint density at radius 2 is 1.85 bits per heavy atom. The fourth-order valence-electron chi connectivity index (χ4n) is 4.29. The van der Waals surface area contributed by atoms with E-state index in [4.69, 9.17) is 0 Å². The normalized spacial score (nSPS) is 19.4. The Morgan fingerprint density at radius 3 is 2.67 bits per heavy atom. The van der Waals surface area contributed by atoms with E-state index in [1.54, 1.807) is 0 Å². The molecular formula is C23H27N3O. The zero-order valence-corrected chi connectivity index (χ0v) is 15.8. The number of likely N-dealkylation sites (tertiary alicyclic amines) is 1. The smallest absolute Gasteiger partial charge is 0.235 e. The van der Waals surface area contributed by atoms with E-state index in [1.165, 1.54) is 19.3 Å². The molecule has 0 unspecified atom stereocenters. The first kappa shape index (κ1) is 18.0. The van der Waals surface area contributed by atoms with Gasteiger partial charge in [0.25, 0.3) is 0 Å². The van der Waals surface area contributed by atoms with Gasteiger partial charge in [-0.2, -0.15) is 0 Å². The van der Waals surface area contributed by atoms with Crippen LogP contribution in [-0.4, -0.2) is 41.0 Å². The first-order valence-corrected chi connectivity index (χ1v) is 10.1. The molecule has 1 aliphatic carbocycles. The predicted octanol–water partition coefficient (Wildman–Crippen LogP) is 3.50. The minimum atomic E-state index is -0.397. The molecule has 1 aromatic heterocycles. The maximum Gasteiger partial charge on any atom is 0.235 e. The number of hydrogen-bond acceptors (Lipinski definition) is 3. The van der Waals surface area contributed by atoms with Gasteiger partial charge in [0.1, 0.15) is 5.54 Å². The third-order valence-electron chi connectivity index (χ3n) is 5.76. The molecule has 2 aromatic rings. The highest BCUT2D eigenvalue weighted by molar-refractivity contribution is 5.87. The molecule has 1 saturated carbocycles. The van der Waals surface area contributed by atoms with Gasteiger partial charge in [-0.05, 0) is 38.8 Å². The van der Waals surface area contributed by atoms with E-state index < -0.39 is 5.54 Å². The van der Waals surface area contributed by atoms with Crippen molar-refractivity contribution < 1.29 is 4.79 Å². The third-order valence-corrected chi connectivity index (χ3v) is 5.76. The number of nitrogens with zero attached hydrogens (tertiary/aromatic N) is 2. The van der Waals surface area contributed by atoms with Crippen molar-refractivity contribution in [1.29, 1.82) is 0 Å². The van der Waals surface area contributed by atoms with Crippen molar-refractivity contribution in [2.24, 2.45) is 0 Å². The van der Waals surface area contributed by atoms with Crippen LogP contribution in [0.1, 0.15) is 50.5 Å². The minimum Gasteiger partial charge on any atom is -0.339 e. The highest BCUT2D eigenvalue weighted by atomic mass is 16.2. The summed E-state index contributed by atoms with van der Waals surface area (Å²) >= 11 is 0. The lowest BCUT2D eigenvalue weighted by molar-refractivity contribution is -0.123. The SMILES string of the molecule is O=C(CN1CCCC1)NC1(C#Cc2cncc3ccccc23)CCCCC1. The molecular weight excluding hydrogens is 334 g/mol. The van der Waals surface area contributed by atoms with Crippen LogP contribution in [0.25, 0.3) is 10.8 Å².